The Morgan fingerprint density at radius 3 is 2.60 bits per heavy atom. The van der Waals surface area contributed by atoms with Crippen LogP contribution in [0.25, 0.3) is 0 Å². The van der Waals surface area contributed by atoms with Crippen molar-refractivity contribution in [2.24, 2.45) is 5.73 Å². The quantitative estimate of drug-likeness (QED) is 0.896. The van der Waals surface area contributed by atoms with Crippen molar-refractivity contribution in [2.75, 3.05) is 5.32 Å². The molecule has 0 atom stereocenters. The number of anilines is 1. The number of benzene rings is 2. The highest BCUT2D eigenvalue weighted by Gasteiger charge is 2.07. The second kappa shape index (κ2) is 6.16. The number of rotatable bonds is 4. The Labute approximate surface area is 127 Å². The summed E-state index contributed by atoms with van der Waals surface area (Å²) in [5.41, 5.74) is 8.43. The summed E-state index contributed by atoms with van der Waals surface area (Å²) in [5.74, 6) is -0.489. The normalized spacial score (nSPS) is 10.3. The molecule has 0 aliphatic carbocycles. The van der Waals surface area contributed by atoms with Crippen LogP contribution in [0, 0.1) is 6.92 Å². The Morgan fingerprint density at radius 1 is 1.20 bits per heavy atom. The standard InChI is InChI=1S/C15H14Cl2N2O/c1-9-12(16)3-2-4-14(9)19-8-11-6-5-10(15(18)20)7-13(11)17/h2-7,19H,8H2,1H3,(H2,18,20). The van der Waals surface area contributed by atoms with Crippen molar-refractivity contribution in [1.82, 2.24) is 0 Å². The molecular formula is C15H14Cl2N2O. The van der Waals surface area contributed by atoms with Crippen molar-refractivity contribution < 1.29 is 4.79 Å². The number of nitrogens with one attached hydrogen (secondary N) is 1. The number of nitrogens with two attached hydrogens (primary N) is 1. The Bertz CT molecular complexity index is 656. The summed E-state index contributed by atoms with van der Waals surface area (Å²) < 4.78 is 0. The molecule has 0 radical (unpaired) electrons. The molecule has 0 aliphatic heterocycles. The van der Waals surface area contributed by atoms with Crippen LogP contribution in [0.5, 0.6) is 0 Å². The maximum absolute atomic E-state index is 11.1. The summed E-state index contributed by atoms with van der Waals surface area (Å²) >= 11 is 12.2. The van der Waals surface area contributed by atoms with Gasteiger partial charge >= 0.3 is 0 Å². The molecule has 0 bridgehead atoms. The van der Waals surface area contributed by atoms with Crippen LogP contribution in [0.1, 0.15) is 21.5 Å². The van der Waals surface area contributed by atoms with Gasteiger partial charge in [0, 0.05) is 27.8 Å². The summed E-state index contributed by atoms with van der Waals surface area (Å²) in [4.78, 5) is 11.1. The average molecular weight is 309 g/mol. The summed E-state index contributed by atoms with van der Waals surface area (Å²) in [7, 11) is 0. The molecule has 2 rings (SSSR count). The molecule has 0 aliphatic rings. The Morgan fingerprint density at radius 2 is 1.95 bits per heavy atom. The van der Waals surface area contributed by atoms with Crippen molar-refractivity contribution >= 4 is 34.8 Å². The number of carbonyl (C=O) groups is 1. The lowest BCUT2D eigenvalue weighted by molar-refractivity contribution is 0.100. The first kappa shape index (κ1) is 14.7. The smallest absolute Gasteiger partial charge is 0.248 e. The van der Waals surface area contributed by atoms with E-state index >= 15 is 0 Å². The predicted molar refractivity (Wildman–Crippen MR) is 83.5 cm³/mol. The van der Waals surface area contributed by atoms with Crippen molar-refractivity contribution in [3.63, 3.8) is 0 Å². The predicted octanol–water partition coefficient (Wildman–Crippen LogP) is 4.01. The fourth-order valence-corrected chi connectivity index (χ4v) is 2.26. The van der Waals surface area contributed by atoms with E-state index in [4.69, 9.17) is 28.9 Å². The van der Waals surface area contributed by atoms with Crippen LogP contribution in [0.3, 0.4) is 0 Å². The van der Waals surface area contributed by atoms with Crippen molar-refractivity contribution in [3.8, 4) is 0 Å². The Kier molecular flexibility index (Phi) is 4.53. The van der Waals surface area contributed by atoms with E-state index in [1.807, 2.05) is 25.1 Å². The molecule has 0 aromatic heterocycles. The molecule has 0 saturated carbocycles. The number of amides is 1. The molecule has 0 spiro atoms. The van der Waals surface area contributed by atoms with Gasteiger partial charge in [0.25, 0.3) is 0 Å². The average Bonchev–Trinajstić information content (AvgIpc) is 2.41. The van der Waals surface area contributed by atoms with Gasteiger partial charge in [0.05, 0.1) is 0 Å². The van der Waals surface area contributed by atoms with E-state index in [1.54, 1.807) is 18.2 Å². The molecule has 0 heterocycles. The van der Waals surface area contributed by atoms with Crippen LogP contribution in [0.15, 0.2) is 36.4 Å². The van der Waals surface area contributed by atoms with Gasteiger partial charge in [-0.1, -0.05) is 35.3 Å². The van der Waals surface area contributed by atoms with Gasteiger partial charge in [0.15, 0.2) is 0 Å². The molecule has 2 aromatic carbocycles. The lowest BCUT2D eigenvalue weighted by Gasteiger charge is -2.12. The van der Waals surface area contributed by atoms with E-state index in [2.05, 4.69) is 5.32 Å². The molecular weight excluding hydrogens is 295 g/mol. The van der Waals surface area contributed by atoms with E-state index < -0.39 is 5.91 Å². The molecule has 2 aromatic rings. The third-order valence-electron chi connectivity index (χ3n) is 3.07. The second-order valence-corrected chi connectivity index (χ2v) is 5.25. The Balaban J connectivity index is 2.15. The minimum absolute atomic E-state index is 0.401. The van der Waals surface area contributed by atoms with E-state index in [9.17, 15) is 4.79 Å². The zero-order valence-electron chi connectivity index (χ0n) is 10.9. The van der Waals surface area contributed by atoms with Crippen molar-refractivity contribution in [3.05, 3.63) is 63.1 Å². The van der Waals surface area contributed by atoms with Crippen LogP contribution in [0.4, 0.5) is 5.69 Å². The van der Waals surface area contributed by atoms with Gasteiger partial charge in [-0.3, -0.25) is 4.79 Å². The highest BCUT2D eigenvalue weighted by molar-refractivity contribution is 6.32. The van der Waals surface area contributed by atoms with Crippen LogP contribution >= 0.6 is 23.2 Å². The summed E-state index contributed by atoms with van der Waals surface area (Å²) in [5, 5.41) is 4.50. The van der Waals surface area contributed by atoms with E-state index in [-0.39, 0.29) is 0 Å². The van der Waals surface area contributed by atoms with Crippen LogP contribution < -0.4 is 11.1 Å². The monoisotopic (exact) mass is 308 g/mol. The molecule has 0 saturated heterocycles. The van der Waals surface area contributed by atoms with Crippen molar-refractivity contribution in [1.29, 1.82) is 0 Å². The van der Waals surface area contributed by atoms with Crippen LogP contribution in [-0.4, -0.2) is 5.91 Å². The number of carbonyl (C=O) groups excluding carboxylic acids is 1. The minimum atomic E-state index is -0.489. The van der Waals surface area contributed by atoms with E-state index in [0.29, 0.717) is 22.2 Å². The van der Waals surface area contributed by atoms with Gasteiger partial charge in [-0.15, -0.1) is 0 Å². The van der Waals surface area contributed by atoms with Gasteiger partial charge < -0.3 is 11.1 Å². The molecule has 0 unspecified atom stereocenters. The molecule has 0 fully saturated rings. The van der Waals surface area contributed by atoms with Gasteiger partial charge in [-0.2, -0.15) is 0 Å². The van der Waals surface area contributed by atoms with Crippen LogP contribution in [0.2, 0.25) is 10.0 Å². The maximum atomic E-state index is 11.1. The first-order valence-corrected chi connectivity index (χ1v) is 6.82. The molecule has 5 heteroatoms. The fourth-order valence-electron chi connectivity index (χ4n) is 1.83. The lowest BCUT2D eigenvalue weighted by Crippen LogP contribution is -2.11. The summed E-state index contributed by atoms with van der Waals surface area (Å²) in [6.45, 7) is 2.49. The molecule has 3 nitrogen and oxygen atoms in total. The third kappa shape index (κ3) is 3.24. The number of hydrogen-bond acceptors (Lipinski definition) is 2. The largest absolute Gasteiger partial charge is 0.381 e. The number of halogens is 2. The lowest BCUT2D eigenvalue weighted by atomic mass is 10.1. The third-order valence-corrected chi connectivity index (χ3v) is 3.84. The molecule has 104 valence electrons. The van der Waals surface area contributed by atoms with Gasteiger partial charge in [0.1, 0.15) is 0 Å². The zero-order chi connectivity index (χ0) is 14.7. The molecule has 1 amide bonds. The Hall–Kier alpha value is -1.71. The van der Waals surface area contributed by atoms with Crippen molar-refractivity contribution in [2.45, 2.75) is 13.5 Å². The number of hydrogen-bond donors (Lipinski definition) is 2. The van der Waals surface area contributed by atoms with E-state index in [1.165, 1.54) is 0 Å². The minimum Gasteiger partial charge on any atom is -0.381 e. The zero-order valence-corrected chi connectivity index (χ0v) is 12.4. The topological polar surface area (TPSA) is 55.1 Å². The molecule has 3 N–H and O–H groups in total. The highest BCUT2D eigenvalue weighted by Crippen LogP contribution is 2.25. The SMILES string of the molecule is Cc1c(Cl)cccc1NCc1ccc(C(N)=O)cc1Cl. The second-order valence-electron chi connectivity index (χ2n) is 4.44. The van der Waals surface area contributed by atoms with Gasteiger partial charge in [-0.05, 0) is 42.3 Å². The number of primary amides is 1. The summed E-state index contributed by atoms with van der Waals surface area (Å²) in [6.07, 6.45) is 0. The maximum Gasteiger partial charge on any atom is 0.248 e. The highest BCUT2D eigenvalue weighted by atomic mass is 35.5. The van der Waals surface area contributed by atoms with E-state index in [0.717, 1.165) is 16.8 Å². The first-order valence-electron chi connectivity index (χ1n) is 6.06. The molecule has 20 heavy (non-hydrogen) atoms. The van der Waals surface area contributed by atoms with Gasteiger partial charge in [-0.25, -0.2) is 0 Å². The first-order chi connectivity index (χ1) is 9.49. The van der Waals surface area contributed by atoms with Gasteiger partial charge in [0.2, 0.25) is 5.91 Å². The van der Waals surface area contributed by atoms with Crippen LogP contribution in [-0.2, 0) is 6.54 Å². The summed E-state index contributed by atoms with van der Waals surface area (Å²) in [6, 6.07) is 10.7. The fraction of sp³-hybridized carbons (Fsp3) is 0.133.